The van der Waals surface area contributed by atoms with E-state index in [1.165, 1.54) is 0 Å². The monoisotopic (exact) mass is 534 g/mol. The zero-order valence-corrected chi connectivity index (χ0v) is 15.3. The number of alkyl halides is 18. The van der Waals surface area contributed by atoms with Crippen LogP contribution >= 0.6 is 69.6 Å². The van der Waals surface area contributed by atoms with Gasteiger partial charge in [0.1, 0.15) is 0 Å². The van der Waals surface area contributed by atoms with E-state index in [-0.39, 0.29) is 0 Å². The molecule has 3 atom stereocenters. The Labute approximate surface area is 165 Å². The van der Waals surface area contributed by atoms with E-state index in [4.69, 9.17) is 0 Å². The molecular weight excluding hydrogens is 537 g/mol. The highest BCUT2D eigenvalue weighted by Gasteiger charge is 2.91. The van der Waals surface area contributed by atoms with Gasteiger partial charge in [0.15, 0.2) is 0 Å². The highest BCUT2D eigenvalue weighted by Crippen LogP contribution is 2.66. The van der Waals surface area contributed by atoms with Crippen molar-refractivity contribution in [2.75, 3.05) is 0 Å². The van der Waals surface area contributed by atoms with Gasteiger partial charge < -0.3 is 0 Å². The third-order valence-electron chi connectivity index (χ3n) is 2.68. The van der Waals surface area contributed by atoms with Crippen molar-refractivity contribution in [2.45, 2.75) is 43.1 Å². The maximum Gasteiger partial charge on any atom is 0.375 e. The molecule has 26 heavy (non-hydrogen) atoms. The third kappa shape index (κ3) is 3.48. The Hall–Kier alpha value is 0.900. The van der Waals surface area contributed by atoms with Crippen molar-refractivity contribution in [3.05, 3.63) is 0 Å². The molecule has 0 radical (unpaired) electrons. The SMILES string of the molecule is FC(F)(Cl)C(F)(Cl)C(F)(F)C(F)(Cl)C(F)(F)C(F)(Cl)C(F)(F)C(F)(Cl)Cl. The molecule has 0 spiro atoms. The van der Waals surface area contributed by atoms with Gasteiger partial charge in [-0.1, -0.05) is 58.0 Å². The van der Waals surface area contributed by atoms with Gasteiger partial charge in [0.25, 0.3) is 0 Å². The minimum atomic E-state index is -7.29. The van der Waals surface area contributed by atoms with Crippen LogP contribution in [0.4, 0.5) is 52.7 Å². The topological polar surface area (TPSA) is 0 Å². The predicted octanol–water partition coefficient (Wildman–Crippen LogP) is 7.54. The summed E-state index contributed by atoms with van der Waals surface area (Å²) in [5.74, 6) is -21.1. The molecule has 0 bridgehead atoms. The van der Waals surface area contributed by atoms with Crippen LogP contribution in [0.1, 0.15) is 0 Å². The summed E-state index contributed by atoms with van der Waals surface area (Å²) in [6.07, 6.45) is 0. The zero-order chi connectivity index (χ0) is 22.0. The van der Waals surface area contributed by atoms with E-state index in [9.17, 15) is 52.7 Å². The lowest BCUT2D eigenvalue weighted by atomic mass is 9.95. The summed E-state index contributed by atoms with van der Waals surface area (Å²) >= 11 is 23.6. The first-order valence-corrected chi connectivity index (χ1v) is 7.42. The summed E-state index contributed by atoms with van der Waals surface area (Å²) in [6.45, 7) is 0. The van der Waals surface area contributed by atoms with Gasteiger partial charge in [0, 0.05) is 0 Å². The minimum Gasteiger partial charge on any atom is -0.212 e. The van der Waals surface area contributed by atoms with Gasteiger partial charge in [-0.2, -0.15) is 35.1 Å². The average molecular weight is 537 g/mol. The normalized spacial score (nSPS) is 22.4. The molecule has 0 aromatic carbocycles. The molecule has 0 aromatic rings. The molecule has 0 aromatic heterocycles. The summed E-state index contributed by atoms with van der Waals surface area (Å²) in [6, 6.07) is 0. The molecule has 0 nitrogen and oxygen atoms in total. The Morgan fingerprint density at radius 1 is 0.346 bits per heavy atom. The molecule has 0 aliphatic heterocycles. The van der Waals surface area contributed by atoms with Crippen LogP contribution in [0, 0.1) is 0 Å². The largest absolute Gasteiger partial charge is 0.375 e. The zero-order valence-electron chi connectivity index (χ0n) is 10.8. The molecule has 0 amide bonds. The van der Waals surface area contributed by atoms with Crippen LogP contribution in [0.15, 0.2) is 0 Å². The fraction of sp³-hybridized carbons (Fsp3) is 1.00. The average Bonchev–Trinajstić information content (AvgIpc) is 2.34. The van der Waals surface area contributed by atoms with Crippen LogP contribution in [0.5, 0.6) is 0 Å². The molecule has 0 aliphatic carbocycles. The van der Waals surface area contributed by atoms with Crippen LogP contribution in [-0.2, 0) is 0 Å². The van der Waals surface area contributed by atoms with Gasteiger partial charge in [-0.3, -0.25) is 0 Å². The maximum atomic E-state index is 13.8. The van der Waals surface area contributed by atoms with Crippen molar-refractivity contribution in [3.8, 4) is 0 Å². The summed E-state index contributed by atoms with van der Waals surface area (Å²) in [4.78, 5) is 0. The van der Waals surface area contributed by atoms with Crippen LogP contribution in [-0.4, -0.2) is 43.1 Å². The van der Waals surface area contributed by atoms with E-state index in [1.54, 1.807) is 0 Å². The van der Waals surface area contributed by atoms with Crippen LogP contribution < -0.4 is 0 Å². The minimum absolute atomic E-state index is 3.77. The van der Waals surface area contributed by atoms with Crippen molar-refractivity contribution in [1.29, 1.82) is 0 Å². The molecule has 3 unspecified atom stereocenters. The third-order valence-corrected chi connectivity index (χ3v) is 4.94. The Kier molecular flexibility index (Phi) is 6.95. The first-order valence-electron chi connectivity index (χ1n) is 5.15. The highest BCUT2D eigenvalue weighted by atomic mass is 35.5. The molecule has 158 valence electrons. The van der Waals surface area contributed by atoms with Gasteiger partial charge in [-0.25, -0.2) is 17.6 Å². The molecular formula is C8Cl6F12. The van der Waals surface area contributed by atoms with Gasteiger partial charge in [0.05, 0.1) is 0 Å². The highest BCUT2D eigenvalue weighted by molar-refractivity contribution is 6.48. The van der Waals surface area contributed by atoms with E-state index in [1.807, 2.05) is 0 Å². The Morgan fingerprint density at radius 2 is 0.577 bits per heavy atom. The summed E-state index contributed by atoms with van der Waals surface area (Å²) in [7, 11) is 0. The molecule has 0 saturated carbocycles. The van der Waals surface area contributed by atoms with Crippen molar-refractivity contribution < 1.29 is 52.7 Å². The van der Waals surface area contributed by atoms with Gasteiger partial charge in [0.2, 0.25) is 0 Å². The second-order valence-corrected chi connectivity index (χ2v) is 7.71. The number of rotatable bonds is 7. The van der Waals surface area contributed by atoms with Crippen molar-refractivity contribution in [3.63, 3.8) is 0 Å². The van der Waals surface area contributed by atoms with E-state index in [2.05, 4.69) is 69.6 Å². The van der Waals surface area contributed by atoms with Gasteiger partial charge in [-0.15, -0.1) is 0 Å². The van der Waals surface area contributed by atoms with Gasteiger partial charge in [-0.05, 0) is 11.6 Å². The molecule has 0 aliphatic rings. The summed E-state index contributed by atoms with van der Waals surface area (Å²) < 4.78 is 154. The second kappa shape index (κ2) is 6.72. The fourth-order valence-electron chi connectivity index (χ4n) is 1.14. The smallest absolute Gasteiger partial charge is 0.212 e. The lowest BCUT2D eigenvalue weighted by molar-refractivity contribution is -0.312. The quantitative estimate of drug-likeness (QED) is 0.233. The maximum absolute atomic E-state index is 13.8. The molecule has 0 rings (SSSR count). The van der Waals surface area contributed by atoms with Crippen molar-refractivity contribution >= 4 is 69.6 Å². The van der Waals surface area contributed by atoms with E-state index >= 15 is 0 Å². The van der Waals surface area contributed by atoms with E-state index in [0.29, 0.717) is 0 Å². The first kappa shape index (κ1) is 26.9. The standard InChI is InChI=1S/C8Cl6F12/c9-1(15,5(20,21)3(11,17)8(14,25)26)4(18,19)2(10,16)6(22,23)7(12,13)24. The fourth-order valence-corrected chi connectivity index (χ4v) is 2.37. The Bertz CT molecular complexity index is 485. The molecule has 18 heteroatoms. The van der Waals surface area contributed by atoms with Crippen molar-refractivity contribution in [1.82, 2.24) is 0 Å². The number of hydrogen-bond acceptors (Lipinski definition) is 0. The number of halogens is 18. The lowest BCUT2D eigenvalue weighted by Gasteiger charge is -2.44. The second-order valence-electron chi connectivity index (χ2n) is 4.44. The summed E-state index contributed by atoms with van der Waals surface area (Å²) in [5.41, 5.74) is 0. The first-order chi connectivity index (χ1) is 10.8. The lowest BCUT2D eigenvalue weighted by Crippen LogP contribution is -2.72. The molecule has 0 N–H and O–H groups in total. The summed E-state index contributed by atoms with van der Waals surface area (Å²) in [5, 5.41) is -26.0. The van der Waals surface area contributed by atoms with Gasteiger partial charge >= 0.3 is 43.1 Å². The van der Waals surface area contributed by atoms with E-state index < -0.39 is 43.1 Å². The Balaban J connectivity index is 6.61. The Morgan fingerprint density at radius 3 is 0.808 bits per heavy atom. The predicted molar refractivity (Wildman–Crippen MR) is 70.3 cm³/mol. The molecule has 0 fully saturated rings. The van der Waals surface area contributed by atoms with Crippen LogP contribution in [0.2, 0.25) is 0 Å². The van der Waals surface area contributed by atoms with Crippen molar-refractivity contribution in [2.24, 2.45) is 0 Å². The number of hydrogen-bond donors (Lipinski definition) is 0. The molecule has 0 saturated heterocycles. The van der Waals surface area contributed by atoms with Crippen LogP contribution in [0.3, 0.4) is 0 Å². The van der Waals surface area contributed by atoms with E-state index in [0.717, 1.165) is 0 Å². The molecule has 0 heterocycles. The van der Waals surface area contributed by atoms with Crippen LogP contribution in [0.25, 0.3) is 0 Å².